The van der Waals surface area contributed by atoms with Crippen LogP contribution in [0, 0.1) is 0 Å². The van der Waals surface area contributed by atoms with E-state index in [2.05, 4.69) is 38.2 Å². The summed E-state index contributed by atoms with van der Waals surface area (Å²) >= 11 is 0. The second-order valence-electron chi connectivity index (χ2n) is 17.0. The Morgan fingerprint density at radius 2 is 0.946 bits per heavy atom. The lowest BCUT2D eigenvalue weighted by molar-refractivity contribution is -0.887. The van der Waals surface area contributed by atoms with Crippen LogP contribution >= 0.6 is 0 Å². The van der Waals surface area contributed by atoms with Gasteiger partial charge in [-0.1, -0.05) is 173 Å². The molecule has 8 heteroatoms. The van der Waals surface area contributed by atoms with Crippen molar-refractivity contribution in [2.24, 2.45) is 0 Å². The fraction of sp³-hybridized carbons (Fsp3) is 0.854. The van der Waals surface area contributed by atoms with Crippen molar-refractivity contribution < 1.29 is 38.2 Å². The van der Waals surface area contributed by atoms with E-state index >= 15 is 0 Å². The van der Waals surface area contributed by atoms with Crippen molar-refractivity contribution in [1.82, 2.24) is 0 Å². The summed E-state index contributed by atoms with van der Waals surface area (Å²) in [6, 6.07) is -0.613. The number of carboxylic acids is 1. The standard InChI is InChI=1S/C48H89NO7/c1-6-8-10-12-14-16-18-20-22-23-25-27-29-31-33-35-37-39-47(51)56-44(42-54-41-40-45(48(52)53)49(3,4)5)43-55-46(50)38-36-34-32-30-28-26-24-21-19-17-15-13-11-9-7-2/h14,16,20,22,44-45H,6-13,15,17-19,21,23-43H2,1-5H3/p+1/b16-14-,22-20-. The maximum Gasteiger partial charge on any atom is 0.362 e. The highest BCUT2D eigenvalue weighted by atomic mass is 16.6. The molecule has 0 aromatic heterocycles. The number of allylic oxidation sites excluding steroid dienone is 4. The Morgan fingerprint density at radius 1 is 0.536 bits per heavy atom. The fourth-order valence-electron chi connectivity index (χ4n) is 6.95. The molecule has 0 rings (SSSR count). The van der Waals surface area contributed by atoms with Gasteiger partial charge < -0.3 is 23.8 Å². The Balaban J connectivity index is 4.30. The molecule has 0 fully saturated rings. The maximum atomic E-state index is 12.7. The summed E-state index contributed by atoms with van der Waals surface area (Å²) in [5.74, 6) is -1.46. The minimum atomic E-state index is -0.874. The molecule has 328 valence electrons. The normalized spacial score (nSPS) is 13.1. The lowest BCUT2D eigenvalue weighted by Gasteiger charge is -2.31. The van der Waals surface area contributed by atoms with Gasteiger partial charge in [-0.05, 0) is 44.9 Å². The Kier molecular flexibility index (Phi) is 38.1. The van der Waals surface area contributed by atoms with Crippen LogP contribution in [0.25, 0.3) is 0 Å². The third-order valence-corrected chi connectivity index (χ3v) is 10.6. The summed E-state index contributed by atoms with van der Waals surface area (Å²) in [7, 11) is 5.53. The van der Waals surface area contributed by atoms with Crippen molar-refractivity contribution in [3.63, 3.8) is 0 Å². The van der Waals surface area contributed by atoms with E-state index in [1.165, 1.54) is 128 Å². The SMILES string of the molecule is CCCCC/C=C\C/C=C\CCCCCCCCCC(=O)OC(COCCC(C(=O)O)[N+](C)(C)C)COC(=O)CCCCCCCCCCCCCCCCC. The average molecular weight is 793 g/mol. The zero-order valence-corrected chi connectivity index (χ0v) is 37.3. The van der Waals surface area contributed by atoms with Crippen LogP contribution in [-0.2, 0) is 28.6 Å². The molecule has 2 unspecified atom stereocenters. The molecule has 0 aliphatic carbocycles. The van der Waals surface area contributed by atoms with Crippen LogP contribution in [0.5, 0.6) is 0 Å². The van der Waals surface area contributed by atoms with Gasteiger partial charge in [-0.25, -0.2) is 4.79 Å². The van der Waals surface area contributed by atoms with E-state index in [1.54, 1.807) is 0 Å². The van der Waals surface area contributed by atoms with Gasteiger partial charge in [-0.3, -0.25) is 9.59 Å². The molecule has 8 nitrogen and oxygen atoms in total. The summed E-state index contributed by atoms with van der Waals surface area (Å²) in [6.45, 7) is 4.73. The number of carbonyl (C=O) groups is 3. The van der Waals surface area contributed by atoms with Gasteiger partial charge in [0.2, 0.25) is 0 Å². The topological polar surface area (TPSA) is 99.1 Å². The van der Waals surface area contributed by atoms with Crippen molar-refractivity contribution in [3.05, 3.63) is 24.3 Å². The summed E-state index contributed by atoms with van der Waals surface area (Å²) in [4.78, 5) is 37.0. The molecule has 0 radical (unpaired) electrons. The molecule has 0 aliphatic heterocycles. The van der Waals surface area contributed by atoms with Crippen molar-refractivity contribution >= 4 is 17.9 Å². The summed E-state index contributed by atoms with van der Waals surface area (Å²) < 4.78 is 17.3. The number of hydrogen-bond acceptors (Lipinski definition) is 6. The van der Waals surface area contributed by atoms with Crippen molar-refractivity contribution in [3.8, 4) is 0 Å². The first-order chi connectivity index (χ1) is 27.1. The number of carboxylic acid groups (broad SMARTS) is 1. The van der Waals surface area contributed by atoms with Crippen LogP contribution in [0.15, 0.2) is 24.3 Å². The van der Waals surface area contributed by atoms with Crippen LogP contribution in [0.2, 0.25) is 0 Å². The molecule has 0 spiro atoms. The quantitative estimate of drug-likeness (QED) is 0.0284. The lowest BCUT2D eigenvalue weighted by Crippen LogP contribution is -2.50. The first-order valence-corrected chi connectivity index (χ1v) is 23.4. The van der Waals surface area contributed by atoms with E-state index < -0.39 is 18.1 Å². The van der Waals surface area contributed by atoms with E-state index in [1.807, 2.05) is 21.1 Å². The monoisotopic (exact) mass is 793 g/mol. The molecule has 0 aromatic carbocycles. The number of aliphatic carboxylic acids is 1. The number of rotatable bonds is 42. The number of ether oxygens (including phenoxy) is 3. The van der Waals surface area contributed by atoms with Gasteiger partial charge >= 0.3 is 17.9 Å². The highest BCUT2D eigenvalue weighted by Gasteiger charge is 2.31. The molecule has 56 heavy (non-hydrogen) atoms. The number of hydrogen-bond donors (Lipinski definition) is 1. The second kappa shape index (κ2) is 39.6. The van der Waals surface area contributed by atoms with E-state index in [0.29, 0.717) is 19.3 Å². The Bertz CT molecular complexity index is 973. The number of carbonyl (C=O) groups excluding carboxylic acids is 2. The lowest BCUT2D eigenvalue weighted by atomic mass is 10.0. The molecule has 0 saturated heterocycles. The number of likely N-dealkylation sites (N-methyl/N-ethyl adjacent to an activating group) is 1. The number of quaternary nitrogens is 1. The van der Waals surface area contributed by atoms with Gasteiger partial charge in [0, 0.05) is 19.3 Å². The van der Waals surface area contributed by atoms with Crippen molar-refractivity contribution in [1.29, 1.82) is 0 Å². The Labute approximate surface area is 345 Å². The number of esters is 2. The van der Waals surface area contributed by atoms with Crippen LogP contribution in [0.4, 0.5) is 0 Å². The van der Waals surface area contributed by atoms with Crippen LogP contribution < -0.4 is 0 Å². The second-order valence-corrected chi connectivity index (χ2v) is 17.0. The van der Waals surface area contributed by atoms with E-state index in [9.17, 15) is 19.5 Å². The molecular formula is C48H90NO7+. The Morgan fingerprint density at radius 3 is 1.41 bits per heavy atom. The zero-order valence-electron chi connectivity index (χ0n) is 37.3. The Hall–Kier alpha value is -2.19. The molecule has 0 heterocycles. The molecule has 0 saturated carbocycles. The van der Waals surface area contributed by atoms with Gasteiger partial charge in [0.1, 0.15) is 6.61 Å². The first kappa shape index (κ1) is 53.8. The van der Waals surface area contributed by atoms with Crippen molar-refractivity contribution in [2.45, 2.75) is 225 Å². The summed E-state index contributed by atoms with van der Waals surface area (Å²) in [5, 5.41) is 9.63. The third kappa shape index (κ3) is 37.4. The van der Waals surface area contributed by atoms with Gasteiger partial charge in [-0.15, -0.1) is 0 Å². The smallest absolute Gasteiger partial charge is 0.362 e. The van der Waals surface area contributed by atoms with Crippen molar-refractivity contribution in [2.75, 3.05) is 41.0 Å². The first-order valence-electron chi connectivity index (χ1n) is 23.4. The van der Waals surface area contributed by atoms with Gasteiger partial charge in [-0.2, -0.15) is 0 Å². The average Bonchev–Trinajstić information content (AvgIpc) is 3.15. The molecule has 0 aromatic rings. The summed E-state index contributed by atoms with van der Waals surface area (Å²) in [5.41, 5.74) is 0. The van der Waals surface area contributed by atoms with E-state index in [0.717, 1.165) is 51.4 Å². The molecule has 0 aliphatic rings. The number of nitrogens with zero attached hydrogens (tertiary/aromatic N) is 1. The van der Waals surface area contributed by atoms with E-state index in [-0.39, 0.29) is 36.2 Å². The maximum absolute atomic E-state index is 12.7. The van der Waals surface area contributed by atoms with Gasteiger partial charge in [0.05, 0.1) is 34.4 Å². The molecule has 0 amide bonds. The minimum absolute atomic E-state index is 0.0497. The molecule has 1 N–H and O–H groups in total. The highest BCUT2D eigenvalue weighted by molar-refractivity contribution is 5.72. The van der Waals surface area contributed by atoms with E-state index in [4.69, 9.17) is 14.2 Å². The largest absolute Gasteiger partial charge is 0.477 e. The van der Waals surface area contributed by atoms with Gasteiger partial charge in [0.15, 0.2) is 12.1 Å². The third-order valence-electron chi connectivity index (χ3n) is 10.6. The minimum Gasteiger partial charge on any atom is -0.477 e. The molecule has 0 bridgehead atoms. The molecular weight excluding hydrogens is 703 g/mol. The van der Waals surface area contributed by atoms with Crippen LogP contribution in [0.1, 0.15) is 213 Å². The predicted molar refractivity (Wildman–Crippen MR) is 234 cm³/mol. The predicted octanol–water partition coefficient (Wildman–Crippen LogP) is 12.9. The molecule has 2 atom stereocenters. The zero-order chi connectivity index (χ0) is 41.4. The fourth-order valence-corrected chi connectivity index (χ4v) is 6.95. The highest BCUT2D eigenvalue weighted by Crippen LogP contribution is 2.15. The van der Waals surface area contributed by atoms with Gasteiger partial charge in [0.25, 0.3) is 0 Å². The van der Waals surface area contributed by atoms with Crippen LogP contribution in [-0.4, -0.2) is 80.6 Å². The van der Waals surface area contributed by atoms with Crippen LogP contribution in [0.3, 0.4) is 0 Å². The summed E-state index contributed by atoms with van der Waals surface area (Å²) in [6.07, 6.45) is 43.5. The number of unbranched alkanes of at least 4 members (excludes halogenated alkanes) is 24.